The van der Waals surface area contributed by atoms with Crippen LogP contribution in [-0.4, -0.2) is 101 Å². The summed E-state index contributed by atoms with van der Waals surface area (Å²) in [4.78, 5) is 69.6. The number of rotatable bonds is 11. The van der Waals surface area contributed by atoms with E-state index in [1.54, 1.807) is 0 Å². The van der Waals surface area contributed by atoms with E-state index in [1.807, 2.05) is 0 Å². The molecule has 0 saturated carbocycles. The molecule has 0 heterocycles. The third kappa shape index (κ3) is 7.46. The zero-order valence-corrected chi connectivity index (χ0v) is 19.0. The fourth-order valence-electron chi connectivity index (χ4n) is 2.62. The molecular weight excluding hydrogens is 536 g/mol. The minimum absolute atomic E-state index is 0.573. The van der Waals surface area contributed by atoms with Crippen LogP contribution < -0.4 is 14.2 Å². The summed E-state index contributed by atoms with van der Waals surface area (Å²) in [5, 5.41) is 74.0. The highest BCUT2D eigenvalue weighted by Gasteiger charge is 2.34. The van der Waals surface area contributed by atoms with Crippen LogP contribution in [0.2, 0.25) is 0 Å². The van der Waals surface area contributed by atoms with E-state index in [9.17, 15) is 59.4 Å². The van der Waals surface area contributed by atoms with Crippen LogP contribution in [0.15, 0.2) is 36.4 Å². The molecule has 0 aliphatic carbocycles. The third-order valence-electron chi connectivity index (χ3n) is 4.58. The Morgan fingerprint density at radius 2 is 1.08 bits per heavy atom. The number of phenols is 1. The summed E-state index contributed by atoms with van der Waals surface area (Å²) in [7, 11) is 0. The third-order valence-corrected chi connectivity index (χ3v) is 4.58. The number of carboxylic acids is 3. The number of carbonyl (C=O) groups excluding carboxylic acids is 3. The Hall–Kier alpha value is -5.10. The number of aromatic carboxylic acids is 1. The molecular formula is C22H18O17. The first kappa shape index (κ1) is 30.1. The molecule has 0 saturated heterocycles. The maximum absolute atomic E-state index is 12.7. The summed E-state index contributed by atoms with van der Waals surface area (Å²) in [6.45, 7) is 0. The quantitative estimate of drug-likeness (QED) is 0.107. The van der Waals surface area contributed by atoms with Gasteiger partial charge in [0.15, 0.2) is 24.4 Å². The molecule has 17 heteroatoms. The Bertz CT molecular complexity index is 1320. The molecule has 0 aliphatic heterocycles. The molecule has 208 valence electrons. The van der Waals surface area contributed by atoms with Gasteiger partial charge in [-0.05, 0) is 36.4 Å². The van der Waals surface area contributed by atoms with Gasteiger partial charge in [0, 0.05) is 0 Å². The van der Waals surface area contributed by atoms with Crippen molar-refractivity contribution in [2.45, 2.75) is 24.4 Å². The number of benzene rings is 2. The number of carbonyl (C=O) groups is 6. The zero-order chi connectivity index (χ0) is 29.6. The molecule has 39 heavy (non-hydrogen) atoms. The lowest BCUT2D eigenvalue weighted by atomic mass is 10.1. The van der Waals surface area contributed by atoms with E-state index in [0.29, 0.717) is 12.1 Å². The van der Waals surface area contributed by atoms with Crippen LogP contribution in [0.3, 0.4) is 0 Å². The molecule has 0 amide bonds. The summed E-state index contributed by atoms with van der Waals surface area (Å²) in [6.07, 6.45) is -10.2. The van der Waals surface area contributed by atoms with Crippen molar-refractivity contribution in [3.8, 4) is 23.0 Å². The Morgan fingerprint density at radius 1 is 0.590 bits per heavy atom. The summed E-state index contributed by atoms with van der Waals surface area (Å²) in [5.74, 6) is -13.0. The number of aliphatic hydroxyl groups excluding tert-OH is 4. The lowest BCUT2D eigenvalue weighted by Gasteiger charge is -2.16. The number of carboxylic acid groups (broad SMARTS) is 3. The monoisotopic (exact) mass is 554 g/mol. The average Bonchev–Trinajstić information content (AvgIpc) is 2.88. The Balaban J connectivity index is 2.31. The smallest absolute Gasteiger partial charge is 0.347 e. The number of esters is 3. The maximum Gasteiger partial charge on any atom is 0.347 e. The second kappa shape index (κ2) is 12.4. The lowest BCUT2D eigenvalue weighted by Crippen LogP contribution is -2.41. The van der Waals surface area contributed by atoms with Crippen LogP contribution in [0.4, 0.5) is 0 Å². The molecule has 0 fully saturated rings. The highest BCUT2D eigenvalue weighted by molar-refractivity contribution is 5.98. The first-order valence-corrected chi connectivity index (χ1v) is 10.2. The largest absolute Gasteiger partial charge is 0.508 e. The van der Waals surface area contributed by atoms with Gasteiger partial charge >= 0.3 is 35.8 Å². The molecule has 2 unspecified atom stereocenters. The molecule has 0 aromatic heterocycles. The van der Waals surface area contributed by atoms with Gasteiger partial charge in [-0.25, -0.2) is 28.8 Å². The first-order chi connectivity index (χ1) is 18.1. The number of aliphatic carboxylic acids is 2. The molecule has 2 rings (SSSR count). The SMILES string of the molecule is O=C(O)c1cc(OC(=O)[C@H](O)[C@@H](O)C(=O)O)ccc1OC(=O)c1cc(O)ccc1OC(=O)C(O)C(O)C(=O)O. The van der Waals surface area contributed by atoms with Crippen LogP contribution in [0, 0.1) is 0 Å². The fourth-order valence-corrected chi connectivity index (χ4v) is 2.62. The molecule has 0 radical (unpaired) electrons. The molecule has 0 aliphatic rings. The first-order valence-electron chi connectivity index (χ1n) is 10.2. The predicted molar refractivity (Wildman–Crippen MR) is 117 cm³/mol. The standard InChI is InChI=1S/C22H18O17/c23-7-1-3-12(39-22(36)16(27)14(25)19(32)33)10(5-7)20(34)38-11-4-2-8(6-9(11)17(28)29)37-21(35)15(26)13(24)18(30)31/h1-6,13-16,23-27H,(H,28,29)(H,30,31)(H,32,33)/t13-,14?,15-,16?/m1/s1. The van der Waals surface area contributed by atoms with Crippen LogP contribution in [0.1, 0.15) is 20.7 Å². The van der Waals surface area contributed by atoms with E-state index >= 15 is 0 Å². The average molecular weight is 554 g/mol. The van der Waals surface area contributed by atoms with Crippen molar-refractivity contribution in [2.75, 3.05) is 0 Å². The minimum Gasteiger partial charge on any atom is -0.508 e. The fraction of sp³-hybridized carbons (Fsp3) is 0.182. The van der Waals surface area contributed by atoms with Crippen molar-refractivity contribution in [3.63, 3.8) is 0 Å². The van der Waals surface area contributed by atoms with E-state index < -0.39 is 94.4 Å². The van der Waals surface area contributed by atoms with E-state index in [4.69, 9.17) is 19.7 Å². The van der Waals surface area contributed by atoms with Gasteiger partial charge in [0.2, 0.25) is 0 Å². The van der Waals surface area contributed by atoms with Gasteiger partial charge in [0.25, 0.3) is 0 Å². The number of hydrogen-bond acceptors (Lipinski definition) is 14. The molecule has 8 N–H and O–H groups in total. The highest BCUT2D eigenvalue weighted by atomic mass is 16.6. The van der Waals surface area contributed by atoms with Crippen LogP contribution in [0.25, 0.3) is 0 Å². The van der Waals surface area contributed by atoms with E-state index in [1.165, 1.54) is 0 Å². The summed E-state index contributed by atoms with van der Waals surface area (Å²) < 4.78 is 14.3. The molecule has 2 aromatic carbocycles. The van der Waals surface area contributed by atoms with Crippen LogP contribution >= 0.6 is 0 Å². The van der Waals surface area contributed by atoms with Crippen molar-refractivity contribution in [3.05, 3.63) is 47.5 Å². The van der Waals surface area contributed by atoms with Crippen molar-refractivity contribution in [1.82, 2.24) is 0 Å². The van der Waals surface area contributed by atoms with Crippen molar-refractivity contribution in [2.24, 2.45) is 0 Å². The lowest BCUT2D eigenvalue weighted by molar-refractivity contribution is -0.164. The van der Waals surface area contributed by atoms with Gasteiger partial charge < -0.3 is 55.1 Å². The highest BCUT2D eigenvalue weighted by Crippen LogP contribution is 2.29. The van der Waals surface area contributed by atoms with Crippen LogP contribution in [0.5, 0.6) is 23.0 Å². The second-order valence-corrected chi connectivity index (χ2v) is 7.33. The molecule has 17 nitrogen and oxygen atoms in total. The number of phenolic OH excluding ortho intramolecular Hbond substituents is 1. The molecule has 0 spiro atoms. The van der Waals surface area contributed by atoms with Gasteiger partial charge in [-0.3, -0.25) is 0 Å². The topological polar surface area (TPSA) is 292 Å². The van der Waals surface area contributed by atoms with E-state index in [0.717, 1.165) is 24.3 Å². The second-order valence-electron chi connectivity index (χ2n) is 7.33. The van der Waals surface area contributed by atoms with Crippen molar-refractivity contribution < 1.29 is 83.8 Å². The van der Waals surface area contributed by atoms with Gasteiger partial charge in [-0.2, -0.15) is 0 Å². The number of hydrogen-bond donors (Lipinski definition) is 8. The summed E-state index contributed by atoms with van der Waals surface area (Å²) >= 11 is 0. The van der Waals surface area contributed by atoms with E-state index in [2.05, 4.69) is 4.74 Å². The summed E-state index contributed by atoms with van der Waals surface area (Å²) in [5.41, 5.74) is -1.54. The van der Waals surface area contributed by atoms with Gasteiger partial charge in [-0.15, -0.1) is 0 Å². The predicted octanol–water partition coefficient (Wildman–Crippen LogP) is -2.27. The maximum atomic E-state index is 12.7. The molecule has 4 atom stereocenters. The van der Waals surface area contributed by atoms with Gasteiger partial charge in [0.05, 0.1) is 0 Å². The van der Waals surface area contributed by atoms with Gasteiger partial charge in [0.1, 0.15) is 34.1 Å². The zero-order valence-electron chi connectivity index (χ0n) is 19.0. The Morgan fingerprint density at radius 3 is 1.59 bits per heavy atom. The van der Waals surface area contributed by atoms with Crippen LogP contribution in [-0.2, 0) is 19.2 Å². The number of ether oxygens (including phenoxy) is 3. The number of aromatic hydroxyl groups is 1. The Kier molecular flexibility index (Phi) is 9.60. The van der Waals surface area contributed by atoms with Crippen molar-refractivity contribution >= 4 is 35.8 Å². The van der Waals surface area contributed by atoms with Crippen molar-refractivity contribution in [1.29, 1.82) is 0 Å². The Labute approximate surface area is 215 Å². The number of aliphatic hydroxyl groups is 4. The van der Waals surface area contributed by atoms with Gasteiger partial charge in [-0.1, -0.05) is 0 Å². The minimum atomic E-state index is -2.58. The molecule has 0 bridgehead atoms. The normalized spacial score (nSPS) is 13.7. The molecule has 2 aromatic rings. The summed E-state index contributed by atoms with van der Waals surface area (Å²) in [6, 6.07) is 4.75. The van der Waals surface area contributed by atoms with E-state index in [-0.39, 0.29) is 0 Å².